The number of hydrogen-bond acceptors (Lipinski definition) is 4. The summed E-state index contributed by atoms with van der Waals surface area (Å²) in [6.45, 7) is 4.44. The third-order valence-corrected chi connectivity index (χ3v) is 7.58. The van der Waals surface area contributed by atoms with Crippen LogP contribution in [0.2, 0.25) is 5.02 Å². The maximum atomic E-state index is 12.6. The first kappa shape index (κ1) is 24.2. The van der Waals surface area contributed by atoms with Crippen molar-refractivity contribution in [3.8, 4) is 0 Å². The highest BCUT2D eigenvalue weighted by atomic mass is 35.5. The van der Waals surface area contributed by atoms with Gasteiger partial charge >= 0.3 is 0 Å². The second kappa shape index (κ2) is 10.9. The van der Waals surface area contributed by atoms with Crippen LogP contribution < -0.4 is 10.0 Å². The van der Waals surface area contributed by atoms with Crippen LogP contribution in [0.15, 0.2) is 71.6 Å². The zero-order valence-corrected chi connectivity index (χ0v) is 20.3. The summed E-state index contributed by atoms with van der Waals surface area (Å²) in [7, 11) is -3.77. The Labute approximate surface area is 198 Å². The van der Waals surface area contributed by atoms with Gasteiger partial charge < -0.3 is 5.32 Å². The average Bonchev–Trinajstić information content (AvgIpc) is 2.76. The van der Waals surface area contributed by atoms with E-state index < -0.39 is 10.0 Å². The fourth-order valence-corrected chi connectivity index (χ4v) is 5.17. The summed E-state index contributed by atoms with van der Waals surface area (Å²) >= 11 is 7.92. The Morgan fingerprint density at radius 3 is 2.44 bits per heavy atom. The van der Waals surface area contributed by atoms with Crippen molar-refractivity contribution in [3.05, 3.63) is 94.0 Å². The summed E-state index contributed by atoms with van der Waals surface area (Å²) in [4.78, 5) is 12.7. The van der Waals surface area contributed by atoms with E-state index in [1.54, 1.807) is 23.9 Å². The maximum Gasteiger partial charge on any atom is 0.261 e. The van der Waals surface area contributed by atoms with E-state index in [1.807, 2.05) is 19.1 Å². The van der Waals surface area contributed by atoms with Crippen molar-refractivity contribution in [2.24, 2.45) is 0 Å². The van der Waals surface area contributed by atoms with E-state index in [4.69, 9.17) is 11.6 Å². The van der Waals surface area contributed by atoms with Gasteiger partial charge in [-0.25, -0.2) is 8.42 Å². The van der Waals surface area contributed by atoms with Crippen molar-refractivity contribution >= 4 is 45.0 Å². The molecule has 3 aromatic rings. The van der Waals surface area contributed by atoms with Crippen molar-refractivity contribution in [3.63, 3.8) is 0 Å². The van der Waals surface area contributed by atoms with Crippen LogP contribution in [-0.4, -0.2) is 26.6 Å². The smallest absolute Gasteiger partial charge is 0.261 e. The van der Waals surface area contributed by atoms with Crippen LogP contribution in [0, 0.1) is 13.8 Å². The second-order valence-corrected chi connectivity index (χ2v) is 10.5. The molecule has 8 heteroatoms. The van der Waals surface area contributed by atoms with Gasteiger partial charge in [0.25, 0.3) is 15.9 Å². The summed E-state index contributed by atoms with van der Waals surface area (Å²) in [5.41, 5.74) is 3.99. The molecule has 0 bridgehead atoms. The molecule has 3 rings (SSSR count). The zero-order chi connectivity index (χ0) is 23.1. The van der Waals surface area contributed by atoms with Crippen molar-refractivity contribution in [1.82, 2.24) is 5.32 Å². The second-order valence-electron chi connectivity index (χ2n) is 7.35. The van der Waals surface area contributed by atoms with Crippen molar-refractivity contribution < 1.29 is 13.2 Å². The van der Waals surface area contributed by atoms with Crippen LogP contribution in [0.3, 0.4) is 0 Å². The molecule has 5 nitrogen and oxygen atoms in total. The number of nitrogens with one attached hydrogen (secondary N) is 2. The third-order valence-electron chi connectivity index (χ3n) is 4.85. The van der Waals surface area contributed by atoms with Gasteiger partial charge in [0, 0.05) is 23.7 Å². The molecule has 0 spiro atoms. The quantitative estimate of drug-likeness (QED) is 0.394. The molecular formula is C24H25ClN2O3S2. The average molecular weight is 489 g/mol. The van der Waals surface area contributed by atoms with Crippen LogP contribution in [0.4, 0.5) is 5.69 Å². The van der Waals surface area contributed by atoms with Gasteiger partial charge in [-0.2, -0.15) is 11.8 Å². The molecule has 0 saturated heterocycles. The maximum absolute atomic E-state index is 12.6. The number of halogens is 1. The predicted octanol–water partition coefficient (Wildman–Crippen LogP) is 5.42. The summed E-state index contributed by atoms with van der Waals surface area (Å²) in [5, 5.41) is 3.10. The highest BCUT2D eigenvalue weighted by molar-refractivity contribution is 7.98. The zero-order valence-electron chi connectivity index (χ0n) is 17.9. The van der Waals surface area contributed by atoms with Gasteiger partial charge in [0.05, 0.1) is 15.5 Å². The van der Waals surface area contributed by atoms with E-state index >= 15 is 0 Å². The lowest BCUT2D eigenvalue weighted by atomic mass is 10.1. The van der Waals surface area contributed by atoms with Crippen molar-refractivity contribution in [1.29, 1.82) is 0 Å². The Morgan fingerprint density at radius 2 is 1.72 bits per heavy atom. The minimum atomic E-state index is -3.77. The van der Waals surface area contributed by atoms with Gasteiger partial charge in [0.2, 0.25) is 0 Å². The molecule has 0 atom stereocenters. The largest absolute Gasteiger partial charge is 0.351 e. The Morgan fingerprint density at radius 1 is 1.00 bits per heavy atom. The number of aryl methyl sites for hydroxylation is 2. The lowest BCUT2D eigenvalue weighted by Crippen LogP contribution is -2.26. The summed E-state index contributed by atoms with van der Waals surface area (Å²) in [6, 6.07) is 19.2. The van der Waals surface area contributed by atoms with Gasteiger partial charge in [-0.1, -0.05) is 53.6 Å². The molecule has 168 valence electrons. The molecule has 3 aromatic carbocycles. The predicted molar refractivity (Wildman–Crippen MR) is 133 cm³/mol. The molecule has 0 unspecified atom stereocenters. The van der Waals surface area contributed by atoms with Crippen LogP contribution in [-0.2, 0) is 15.8 Å². The van der Waals surface area contributed by atoms with E-state index in [2.05, 4.69) is 29.1 Å². The first-order chi connectivity index (χ1) is 15.3. The number of carbonyl (C=O) groups excluding carboxylic acids is 1. The lowest BCUT2D eigenvalue weighted by molar-refractivity contribution is 0.0956. The highest BCUT2D eigenvalue weighted by Crippen LogP contribution is 2.23. The van der Waals surface area contributed by atoms with Gasteiger partial charge in [-0.05, 0) is 55.3 Å². The molecular weight excluding hydrogens is 464 g/mol. The molecule has 0 saturated carbocycles. The topological polar surface area (TPSA) is 75.3 Å². The SMILES string of the molecule is Cc1ccc(S(=O)(=O)Nc2ccc(Cl)c(C(=O)NCCSCc3ccccc3C)c2)cc1. The van der Waals surface area contributed by atoms with Crippen LogP contribution >= 0.6 is 23.4 Å². The minimum absolute atomic E-state index is 0.148. The molecule has 0 radical (unpaired) electrons. The molecule has 0 aliphatic carbocycles. The Hall–Kier alpha value is -2.48. The molecule has 0 heterocycles. The van der Waals surface area contributed by atoms with E-state index in [9.17, 15) is 13.2 Å². The number of hydrogen-bond donors (Lipinski definition) is 2. The van der Waals surface area contributed by atoms with Crippen LogP contribution in [0.1, 0.15) is 27.0 Å². The summed E-state index contributed by atoms with van der Waals surface area (Å²) < 4.78 is 27.7. The number of thioether (sulfide) groups is 1. The number of amides is 1. The highest BCUT2D eigenvalue weighted by Gasteiger charge is 2.16. The molecule has 32 heavy (non-hydrogen) atoms. The van der Waals surface area contributed by atoms with Crippen molar-refractivity contribution in [2.75, 3.05) is 17.0 Å². The number of benzene rings is 3. The number of rotatable bonds is 9. The molecule has 0 aliphatic rings. The molecule has 2 N–H and O–H groups in total. The monoisotopic (exact) mass is 488 g/mol. The fraction of sp³-hybridized carbons (Fsp3) is 0.208. The number of anilines is 1. The van der Waals surface area contributed by atoms with E-state index in [-0.39, 0.29) is 27.1 Å². The minimum Gasteiger partial charge on any atom is -0.351 e. The molecule has 0 aromatic heterocycles. The summed E-state index contributed by atoms with van der Waals surface area (Å²) in [5.74, 6) is 1.28. The Balaban J connectivity index is 1.58. The first-order valence-corrected chi connectivity index (χ1v) is 13.1. The number of carbonyl (C=O) groups is 1. The van der Waals surface area contributed by atoms with E-state index in [0.717, 1.165) is 17.1 Å². The first-order valence-electron chi connectivity index (χ1n) is 10.1. The Kier molecular flexibility index (Phi) is 8.23. The van der Waals surface area contributed by atoms with Crippen LogP contribution in [0.5, 0.6) is 0 Å². The molecule has 1 amide bonds. The van der Waals surface area contributed by atoms with E-state index in [1.165, 1.54) is 41.5 Å². The third kappa shape index (κ3) is 6.51. The summed E-state index contributed by atoms with van der Waals surface area (Å²) in [6.07, 6.45) is 0. The van der Waals surface area contributed by atoms with Gasteiger partial charge in [-0.15, -0.1) is 0 Å². The van der Waals surface area contributed by atoms with Crippen molar-refractivity contribution in [2.45, 2.75) is 24.5 Å². The van der Waals surface area contributed by atoms with Gasteiger partial charge in [0.15, 0.2) is 0 Å². The van der Waals surface area contributed by atoms with E-state index in [0.29, 0.717) is 6.54 Å². The fourth-order valence-electron chi connectivity index (χ4n) is 2.98. The standard InChI is InChI=1S/C24H25ClN2O3S2/c1-17-7-10-21(11-8-17)32(29,30)27-20-9-12-23(25)22(15-20)24(28)26-13-14-31-16-19-6-4-3-5-18(19)2/h3-12,15,27H,13-14,16H2,1-2H3,(H,26,28). The normalized spacial score (nSPS) is 11.2. The lowest BCUT2D eigenvalue weighted by Gasteiger charge is -2.12. The van der Waals surface area contributed by atoms with Gasteiger partial charge in [0.1, 0.15) is 0 Å². The molecule has 0 fully saturated rings. The van der Waals surface area contributed by atoms with Gasteiger partial charge in [-0.3, -0.25) is 9.52 Å². The molecule has 0 aliphatic heterocycles. The Bertz CT molecular complexity index is 1200. The van der Waals surface area contributed by atoms with Crippen LogP contribution in [0.25, 0.3) is 0 Å². The number of sulfonamides is 1.